The molecule has 1 aliphatic heterocycles. The first-order chi connectivity index (χ1) is 13.2. The SMILES string of the molecule is COC(=O)Nc1ccc2c(c1)OC1C=C(S(=O)(=O)N[C@@H](C=O)C(C)C)C=CC21. The summed E-state index contributed by atoms with van der Waals surface area (Å²) in [6.07, 6.45) is 4.32. The van der Waals surface area contributed by atoms with Crippen LogP contribution in [-0.2, 0) is 19.6 Å². The monoisotopic (exact) mass is 406 g/mol. The van der Waals surface area contributed by atoms with Crippen LogP contribution in [0.2, 0.25) is 0 Å². The fraction of sp³-hybridized carbons (Fsp3) is 0.368. The normalized spacial score (nSPS) is 21.2. The molecular formula is C19H22N2O6S. The van der Waals surface area contributed by atoms with Crippen LogP contribution in [-0.4, -0.2) is 40.1 Å². The molecule has 3 rings (SSSR count). The van der Waals surface area contributed by atoms with Crippen molar-refractivity contribution in [2.45, 2.75) is 31.9 Å². The van der Waals surface area contributed by atoms with Crippen molar-refractivity contribution < 1.29 is 27.5 Å². The Morgan fingerprint density at radius 3 is 2.71 bits per heavy atom. The number of methoxy groups -OCH3 is 1. The lowest BCUT2D eigenvalue weighted by atomic mass is 9.92. The number of fused-ring (bicyclic) bond motifs is 3. The smallest absolute Gasteiger partial charge is 0.411 e. The van der Waals surface area contributed by atoms with Gasteiger partial charge < -0.3 is 14.3 Å². The van der Waals surface area contributed by atoms with E-state index in [0.717, 1.165) is 5.56 Å². The molecule has 0 aromatic heterocycles. The number of ether oxygens (including phenoxy) is 2. The van der Waals surface area contributed by atoms with Gasteiger partial charge in [0.15, 0.2) is 0 Å². The van der Waals surface area contributed by atoms with Gasteiger partial charge in [-0.25, -0.2) is 17.9 Å². The van der Waals surface area contributed by atoms with E-state index in [4.69, 9.17) is 4.74 Å². The van der Waals surface area contributed by atoms with Crippen molar-refractivity contribution in [3.05, 3.63) is 46.9 Å². The molecule has 1 aliphatic carbocycles. The molecule has 1 aromatic carbocycles. The molecule has 28 heavy (non-hydrogen) atoms. The van der Waals surface area contributed by atoms with E-state index in [1.165, 1.54) is 19.3 Å². The minimum atomic E-state index is -3.85. The summed E-state index contributed by atoms with van der Waals surface area (Å²) in [5.41, 5.74) is 1.41. The highest BCUT2D eigenvalue weighted by Crippen LogP contribution is 2.43. The molecule has 0 saturated carbocycles. The van der Waals surface area contributed by atoms with Gasteiger partial charge in [0.25, 0.3) is 0 Å². The third kappa shape index (κ3) is 3.95. The summed E-state index contributed by atoms with van der Waals surface area (Å²) >= 11 is 0. The standard InChI is InChI=1S/C19H22N2O6S/c1-11(2)16(10-22)21-28(24,25)13-5-7-15-14-6-4-12(20-19(23)26-3)8-17(14)27-18(15)9-13/h4-11,15-16,18,21H,1-3H3,(H,20,23)/t15?,16-,18?/m0/s1. The Balaban J connectivity index is 1.80. The molecule has 0 saturated heterocycles. The zero-order valence-electron chi connectivity index (χ0n) is 15.7. The molecule has 2 aliphatic rings. The Bertz CT molecular complexity index is 951. The summed E-state index contributed by atoms with van der Waals surface area (Å²) < 4.78 is 38.1. The van der Waals surface area contributed by atoms with Crippen LogP contribution in [0.15, 0.2) is 41.3 Å². The summed E-state index contributed by atoms with van der Waals surface area (Å²) in [4.78, 5) is 22.6. The molecule has 0 bridgehead atoms. The highest BCUT2D eigenvalue weighted by Gasteiger charge is 2.36. The van der Waals surface area contributed by atoms with E-state index in [-0.39, 0.29) is 16.7 Å². The fourth-order valence-electron chi connectivity index (χ4n) is 3.07. The zero-order chi connectivity index (χ0) is 20.5. The second-order valence-corrected chi connectivity index (χ2v) is 8.65. The first-order valence-corrected chi connectivity index (χ1v) is 10.3. The molecule has 2 unspecified atom stereocenters. The van der Waals surface area contributed by atoms with Crippen LogP contribution >= 0.6 is 0 Å². The van der Waals surface area contributed by atoms with E-state index in [1.807, 2.05) is 6.07 Å². The molecule has 9 heteroatoms. The topological polar surface area (TPSA) is 111 Å². The molecule has 1 amide bonds. The predicted molar refractivity (Wildman–Crippen MR) is 104 cm³/mol. The number of hydrogen-bond acceptors (Lipinski definition) is 6. The van der Waals surface area contributed by atoms with Crippen LogP contribution < -0.4 is 14.8 Å². The number of nitrogens with one attached hydrogen (secondary N) is 2. The van der Waals surface area contributed by atoms with Crippen molar-refractivity contribution in [2.24, 2.45) is 5.92 Å². The summed E-state index contributed by atoms with van der Waals surface area (Å²) in [5, 5.41) is 2.56. The lowest BCUT2D eigenvalue weighted by molar-refractivity contribution is -0.110. The Morgan fingerprint density at radius 1 is 1.32 bits per heavy atom. The van der Waals surface area contributed by atoms with Crippen molar-refractivity contribution in [3.8, 4) is 5.75 Å². The van der Waals surface area contributed by atoms with E-state index in [1.54, 1.807) is 32.1 Å². The van der Waals surface area contributed by atoms with Gasteiger partial charge in [0.1, 0.15) is 18.1 Å². The van der Waals surface area contributed by atoms with Crippen LogP contribution in [0.1, 0.15) is 25.3 Å². The molecule has 2 N–H and O–H groups in total. The van der Waals surface area contributed by atoms with Crippen molar-refractivity contribution >= 4 is 28.1 Å². The number of allylic oxidation sites excluding steroid dienone is 1. The average Bonchev–Trinajstić information content (AvgIpc) is 3.02. The highest BCUT2D eigenvalue weighted by molar-refractivity contribution is 7.93. The molecule has 150 valence electrons. The maximum atomic E-state index is 12.6. The molecule has 0 fully saturated rings. The lowest BCUT2D eigenvalue weighted by Crippen LogP contribution is -2.40. The summed E-state index contributed by atoms with van der Waals surface area (Å²) in [6.45, 7) is 3.53. The van der Waals surface area contributed by atoms with Crippen molar-refractivity contribution in [1.29, 1.82) is 0 Å². The lowest BCUT2D eigenvalue weighted by Gasteiger charge is -2.21. The number of hydrogen-bond donors (Lipinski definition) is 2. The van der Waals surface area contributed by atoms with Gasteiger partial charge in [0.2, 0.25) is 10.0 Å². The summed E-state index contributed by atoms with van der Waals surface area (Å²) in [5.74, 6) is 0.262. The number of benzene rings is 1. The molecule has 1 heterocycles. The largest absolute Gasteiger partial charge is 0.485 e. The summed E-state index contributed by atoms with van der Waals surface area (Å²) in [7, 11) is -2.58. The van der Waals surface area contributed by atoms with Crippen molar-refractivity contribution in [1.82, 2.24) is 4.72 Å². The predicted octanol–water partition coefficient (Wildman–Crippen LogP) is 2.31. The fourth-order valence-corrected chi connectivity index (χ4v) is 4.46. The molecule has 1 aromatic rings. The number of amides is 1. The highest BCUT2D eigenvalue weighted by atomic mass is 32.2. The van der Waals surface area contributed by atoms with Crippen molar-refractivity contribution in [3.63, 3.8) is 0 Å². The van der Waals surface area contributed by atoms with Gasteiger partial charge in [-0.1, -0.05) is 26.0 Å². The third-order valence-corrected chi connectivity index (χ3v) is 6.16. The van der Waals surface area contributed by atoms with Crippen LogP contribution in [0.3, 0.4) is 0 Å². The molecule has 3 atom stereocenters. The minimum Gasteiger partial charge on any atom is -0.485 e. The Hall–Kier alpha value is -2.65. The molecule has 8 nitrogen and oxygen atoms in total. The van der Waals surface area contributed by atoms with E-state index in [2.05, 4.69) is 14.8 Å². The van der Waals surface area contributed by atoms with E-state index in [0.29, 0.717) is 17.7 Å². The van der Waals surface area contributed by atoms with Crippen LogP contribution in [0.4, 0.5) is 10.5 Å². The van der Waals surface area contributed by atoms with E-state index >= 15 is 0 Å². The van der Waals surface area contributed by atoms with Gasteiger partial charge in [-0.3, -0.25) is 5.32 Å². The molecular weight excluding hydrogens is 384 g/mol. The number of rotatable bonds is 6. The second kappa shape index (κ2) is 7.76. The first kappa shape index (κ1) is 20.1. The van der Waals surface area contributed by atoms with Gasteiger partial charge in [0.05, 0.1) is 18.1 Å². The van der Waals surface area contributed by atoms with Gasteiger partial charge in [-0.15, -0.1) is 0 Å². The Morgan fingerprint density at radius 2 is 2.07 bits per heavy atom. The summed E-state index contributed by atoms with van der Waals surface area (Å²) in [6, 6.07) is 4.41. The van der Waals surface area contributed by atoms with Gasteiger partial charge >= 0.3 is 6.09 Å². The number of carbonyl (C=O) groups excluding carboxylic acids is 2. The quantitative estimate of drug-likeness (QED) is 0.702. The van der Waals surface area contributed by atoms with Crippen LogP contribution in [0.25, 0.3) is 0 Å². The Labute approximate surface area is 163 Å². The van der Waals surface area contributed by atoms with Gasteiger partial charge in [-0.05, 0) is 24.1 Å². The maximum absolute atomic E-state index is 12.6. The first-order valence-electron chi connectivity index (χ1n) is 8.78. The van der Waals surface area contributed by atoms with E-state index < -0.39 is 28.3 Å². The van der Waals surface area contributed by atoms with Crippen LogP contribution in [0.5, 0.6) is 5.75 Å². The average molecular weight is 406 g/mol. The van der Waals surface area contributed by atoms with Gasteiger partial charge in [0, 0.05) is 23.2 Å². The van der Waals surface area contributed by atoms with Crippen LogP contribution in [0, 0.1) is 5.92 Å². The van der Waals surface area contributed by atoms with Gasteiger partial charge in [-0.2, -0.15) is 0 Å². The number of carbonyl (C=O) groups is 2. The number of sulfonamides is 1. The molecule has 0 radical (unpaired) electrons. The number of anilines is 1. The third-order valence-electron chi connectivity index (χ3n) is 4.68. The number of aldehydes is 1. The Kier molecular flexibility index (Phi) is 5.57. The van der Waals surface area contributed by atoms with Crippen molar-refractivity contribution in [2.75, 3.05) is 12.4 Å². The second-order valence-electron chi connectivity index (χ2n) is 6.93. The molecule has 0 spiro atoms. The van der Waals surface area contributed by atoms with E-state index in [9.17, 15) is 18.0 Å². The minimum absolute atomic E-state index is 0.0574. The maximum Gasteiger partial charge on any atom is 0.411 e. The zero-order valence-corrected chi connectivity index (χ0v) is 16.5.